The molecule has 5 heteroatoms. The number of carbonyl (C=O) groups excluding carboxylic acids is 1. The summed E-state index contributed by atoms with van der Waals surface area (Å²) >= 11 is 0. The van der Waals surface area contributed by atoms with E-state index in [1.807, 2.05) is 27.7 Å². The molecule has 43 heavy (non-hydrogen) atoms. The maximum Gasteiger partial charge on any atom is 0.162 e. The summed E-state index contributed by atoms with van der Waals surface area (Å²) in [5, 5.41) is 12.2. The molecule has 231 valence electrons. The van der Waals surface area contributed by atoms with E-state index in [0.717, 1.165) is 48.0 Å². The number of hydrogen-bond acceptors (Lipinski definition) is 4. The van der Waals surface area contributed by atoms with Crippen molar-refractivity contribution in [1.82, 2.24) is 9.97 Å². The first kappa shape index (κ1) is 34.6. The quantitative estimate of drug-likeness (QED) is 0.116. The minimum atomic E-state index is -0.134. The maximum atomic E-state index is 11.7. The second-order valence-corrected chi connectivity index (χ2v) is 13.1. The number of allylic oxidation sites excluding steroid dienone is 2. The second-order valence-electron chi connectivity index (χ2n) is 13.1. The van der Waals surface area contributed by atoms with Crippen molar-refractivity contribution in [2.45, 2.75) is 98.8 Å². The number of aliphatic hydroxyl groups excluding tert-OH is 1. The molecule has 0 spiro atoms. The Morgan fingerprint density at radius 1 is 0.930 bits per heavy atom. The molecule has 2 aromatic carbocycles. The molecule has 0 fully saturated rings. The van der Waals surface area contributed by atoms with Gasteiger partial charge in [-0.05, 0) is 66.1 Å². The molecule has 0 atom stereocenters. The number of benzene rings is 2. The monoisotopic (exact) mass is 756 g/mol. The molecular formula is C38H47IrN2O2-. The van der Waals surface area contributed by atoms with Crippen molar-refractivity contribution >= 4 is 27.6 Å². The molecule has 1 aliphatic carbocycles. The van der Waals surface area contributed by atoms with Crippen molar-refractivity contribution in [2.24, 2.45) is 11.8 Å². The van der Waals surface area contributed by atoms with Crippen molar-refractivity contribution in [3.8, 4) is 11.3 Å². The molecule has 4 nitrogen and oxygen atoms in total. The Balaban J connectivity index is 0.000000274. The Hall–Kier alpha value is -2.88. The van der Waals surface area contributed by atoms with Crippen molar-refractivity contribution < 1.29 is 30.0 Å². The van der Waals surface area contributed by atoms with Gasteiger partial charge in [-0.1, -0.05) is 109 Å². The molecule has 2 aromatic heterocycles. The van der Waals surface area contributed by atoms with Crippen LogP contribution in [0.2, 0.25) is 0 Å². The van der Waals surface area contributed by atoms with E-state index in [1.54, 1.807) is 6.20 Å². The van der Waals surface area contributed by atoms with Crippen LogP contribution in [0.15, 0.2) is 60.5 Å². The summed E-state index contributed by atoms with van der Waals surface area (Å²) in [6.45, 7) is 19.5. The average Bonchev–Trinajstić information content (AvgIpc) is 2.96. The zero-order valence-electron chi connectivity index (χ0n) is 27.3. The van der Waals surface area contributed by atoms with E-state index in [4.69, 9.17) is 4.98 Å². The summed E-state index contributed by atoms with van der Waals surface area (Å²) < 4.78 is 0. The van der Waals surface area contributed by atoms with Crippen molar-refractivity contribution in [1.29, 1.82) is 0 Å². The Kier molecular flexibility index (Phi) is 11.1. The van der Waals surface area contributed by atoms with Gasteiger partial charge in [0.25, 0.3) is 0 Å². The summed E-state index contributed by atoms with van der Waals surface area (Å²) in [7, 11) is 0. The predicted molar refractivity (Wildman–Crippen MR) is 176 cm³/mol. The van der Waals surface area contributed by atoms with Crippen LogP contribution in [0, 0.1) is 17.9 Å². The molecule has 1 N–H and O–H groups in total. The molecular weight excluding hydrogens is 709 g/mol. The maximum absolute atomic E-state index is 11.7. The molecule has 0 unspecified atom stereocenters. The van der Waals surface area contributed by atoms with Gasteiger partial charge in [-0.15, -0.1) is 0 Å². The Bertz CT molecular complexity index is 1620. The van der Waals surface area contributed by atoms with Gasteiger partial charge in [0.05, 0.1) is 11.3 Å². The van der Waals surface area contributed by atoms with Crippen LogP contribution in [-0.2, 0) is 35.7 Å². The predicted octanol–water partition coefficient (Wildman–Crippen LogP) is 10.1. The first-order valence-electron chi connectivity index (χ1n) is 15.6. The van der Waals surface area contributed by atoms with Crippen LogP contribution in [0.4, 0.5) is 0 Å². The zero-order chi connectivity index (χ0) is 30.8. The molecule has 1 aliphatic rings. The van der Waals surface area contributed by atoms with Crippen LogP contribution < -0.4 is 0 Å². The largest absolute Gasteiger partial charge is 0.512 e. The molecule has 0 saturated heterocycles. The van der Waals surface area contributed by atoms with E-state index >= 15 is 0 Å². The topological polar surface area (TPSA) is 63.1 Å². The molecule has 0 aliphatic heterocycles. The SMILES string of the molecule is CC(C)(C)c1cccc2nc3c(cc12)C(C)(C)c1cccc2nc[c-]c-3c12.CCC(CC)C(=O)/C=C(\O)C(CC)CC.[Ir]. The normalized spacial score (nSPS) is 13.9. The van der Waals surface area contributed by atoms with Crippen LogP contribution in [-0.4, -0.2) is 20.9 Å². The second kappa shape index (κ2) is 13.8. The van der Waals surface area contributed by atoms with Gasteiger partial charge in [0.15, 0.2) is 5.78 Å². The summed E-state index contributed by atoms with van der Waals surface area (Å²) in [6, 6.07) is 18.6. The number of aromatic nitrogens is 2. The van der Waals surface area contributed by atoms with Crippen molar-refractivity contribution in [3.63, 3.8) is 0 Å². The van der Waals surface area contributed by atoms with E-state index in [-0.39, 0.29) is 54.3 Å². The number of aliphatic hydroxyl groups is 1. The van der Waals surface area contributed by atoms with Gasteiger partial charge in [0.2, 0.25) is 0 Å². The average molecular weight is 756 g/mol. The summed E-state index contributed by atoms with van der Waals surface area (Å²) in [4.78, 5) is 21.4. The summed E-state index contributed by atoms with van der Waals surface area (Å²) in [5.74, 6) is 0.547. The van der Waals surface area contributed by atoms with Crippen LogP contribution in [0.25, 0.3) is 33.1 Å². The fourth-order valence-electron chi connectivity index (χ4n) is 6.30. The van der Waals surface area contributed by atoms with Gasteiger partial charge in [-0.25, -0.2) is 0 Å². The van der Waals surface area contributed by atoms with E-state index in [1.165, 1.54) is 33.5 Å². The molecule has 0 saturated carbocycles. The van der Waals surface area contributed by atoms with Crippen LogP contribution in [0.5, 0.6) is 0 Å². The van der Waals surface area contributed by atoms with E-state index in [0.29, 0.717) is 0 Å². The van der Waals surface area contributed by atoms with Crippen molar-refractivity contribution in [3.05, 3.63) is 83.3 Å². The fraction of sp³-hybridized carbons (Fsp3) is 0.447. The third-order valence-electron chi connectivity index (χ3n) is 9.04. The van der Waals surface area contributed by atoms with Crippen LogP contribution >= 0.6 is 0 Å². The first-order valence-corrected chi connectivity index (χ1v) is 15.6. The minimum absolute atomic E-state index is 0. The van der Waals surface area contributed by atoms with E-state index in [2.05, 4.69) is 88.1 Å². The van der Waals surface area contributed by atoms with Crippen molar-refractivity contribution in [2.75, 3.05) is 0 Å². The summed E-state index contributed by atoms with van der Waals surface area (Å²) in [5.41, 5.74) is 8.05. The number of rotatable bonds is 7. The van der Waals surface area contributed by atoms with Gasteiger partial charge in [-0.2, -0.15) is 11.6 Å². The third kappa shape index (κ3) is 6.79. The fourth-order valence-corrected chi connectivity index (χ4v) is 6.30. The van der Waals surface area contributed by atoms with Crippen LogP contribution in [0.3, 0.4) is 0 Å². The zero-order valence-corrected chi connectivity index (χ0v) is 29.7. The first-order chi connectivity index (χ1) is 19.9. The van der Waals surface area contributed by atoms with Gasteiger partial charge < -0.3 is 10.1 Å². The molecule has 1 radical (unpaired) electrons. The van der Waals surface area contributed by atoms with E-state index < -0.39 is 0 Å². The van der Waals surface area contributed by atoms with Gasteiger partial charge >= 0.3 is 0 Å². The van der Waals surface area contributed by atoms with Gasteiger partial charge in [0.1, 0.15) is 0 Å². The summed E-state index contributed by atoms with van der Waals surface area (Å²) in [6.07, 6.45) is 6.68. The molecule has 0 amide bonds. The minimum Gasteiger partial charge on any atom is -0.512 e. The number of fused-ring (bicyclic) bond motifs is 3. The number of nitrogens with zero attached hydrogens (tertiary/aromatic N) is 2. The Morgan fingerprint density at radius 3 is 2.14 bits per heavy atom. The van der Waals surface area contributed by atoms with Gasteiger partial charge in [-0.3, -0.25) is 9.78 Å². The van der Waals surface area contributed by atoms with E-state index in [9.17, 15) is 9.90 Å². The molecule has 0 bridgehead atoms. The van der Waals surface area contributed by atoms with Gasteiger partial charge in [0, 0.05) is 48.9 Å². The number of hydrogen-bond donors (Lipinski definition) is 1. The smallest absolute Gasteiger partial charge is 0.162 e. The molecule has 4 aromatic rings. The van der Waals surface area contributed by atoms with Crippen LogP contribution in [0.1, 0.15) is 105 Å². The Labute approximate surface area is 271 Å². The molecule has 5 rings (SSSR count). The third-order valence-corrected chi connectivity index (χ3v) is 9.04. The number of ketones is 1. The standard InChI is InChI=1S/C25H23N2.C13H24O2.Ir/c1-24(2,3)17-8-6-10-20-16(17)14-19-23(27-20)15-12-13-26-21-11-7-9-18(22(15)21)25(19,4)5;1-5-10(6-2)12(14)9-13(15)11(7-3)8-4;/h6-11,13-14H,1-5H3;9-11,14H,5-8H2,1-4H3;/q-1;;/b;12-9-;. The Morgan fingerprint density at radius 2 is 1.53 bits per heavy atom. The molecule has 2 heterocycles. The number of pyridine rings is 2. The number of carbonyl (C=O) groups is 1.